The number of rotatable bonds is 5. The van der Waals surface area contributed by atoms with Crippen molar-refractivity contribution >= 4 is 5.78 Å². The van der Waals surface area contributed by atoms with E-state index in [0.29, 0.717) is 6.42 Å². The van der Waals surface area contributed by atoms with E-state index in [1.54, 1.807) is 4.68 Å². The molecule has 0 saturated heterocycles. The molecule has 2 rings (SSSR count). The van der Waals surface area contributed by atoms with E-state index in [0.717, 1.165) is 35.5 Å². The van der Waals surface area contributed by atoms with Gasteiger partial charge in [-0.25, -0.2) is 9.67 Å². The average molecular weight is 257 g/mol. The van der Waals surface area contributed by atoms with Crippen molar-refractivity contribution in [1.82, 2.24) is 14.8 Å². The summed E-state index contributed by atoms with van der Waals surface area (Å²) in [6, 6.07) is 5.92. The lowest BCUT2D eigenvalue weighted by molar-refractivity contribution is 0.0989. The molecular formula is C15H19N3O. The molecule has 4 nitrogen and oxygen atoms in total. The van der Waals surface area contributed by atoms with Crippen LogP contribution in [0.5, 0.6) is 0 Å². The molecule has 0 radical (unpaired) electrons. The molecule has 0 N–H and O–H groups in total. The number of aromatic nitrogens is 3. The molecule has 0 fully saturated rings. The zero-order chi connectivity index (χ0) is 13.8. The van der Waals surface area contributed by atoms with Crippen molar-refractivity contribution < 1.29 is 4.79 Å². The number of hydrogen-bond donors (Lipinski definition) is 0. The lowest BCUT2D eigenvalue weighted by Gasteiger charge is -2.06. The monoisotopic (exact) mass is 257 g/mol. The summed E-state index contributed by atoms with van der Waals surface area (Å²) in [5.74, 6) is 0.836. The van der Waals surface area contributed by atoms with E-state index < -0.39 is 0 Å². The predicted molar refractivity (Wildman–Crippen MR) is 74.3 cm³/mol. The fraction of sp³-hybridized carbons (Fsp3) is 0.400. The molecule has 0 amide bonds. The predicted octanol–water partition coefficient (Wildman–Crippen LogP) is 2.73. The van der Waals surface area contributed by atoms with Gasteiger partial charge >= 0.3 is 0 Å². The third kappa shape index (κ3) is 3.28. The summed E-state index contributed by atoms with van der Waals surface area (Å²) in [5, 5.41) is 4.14. The number of hydrogen-bond acceptors (Lipinski definition) is 3. The van der Waals surface area contributed by atoms with E-state index in [4.69, 9.17) is 0 Å². The SMILES string of the molecule is CCCn1ncnc1CC(=O)c1cc(C)cc(C)c1. The second-order valence-electron chi connectivity index (χ2n) is 4.88. The maximum atomic E-state index is 12.3. The average Bonchev–Trinajstić information content (AvgIpc) is 2.76. The molecular weight excluding hydrogens is 238 g/mol. The first-order valence-electron chi connectivity index (χ1n) is 6.58. The standard InChI is InChI=1S/C15H19N3O/c1-4-5-18-15(16-10-17-18)9-14(19)13-7-11(2)6-12(3)8-13/h6-8,10H,4-5,9H2,1-3H3. The van der Waals surface area contributed by atoms with Crippen LogP contribution in [0.3, 0.4) is 0 Å². The van der Waals surface area contributed by atoms with Gasteiger partial charge in [-0.2, -0.15) is 5.10 Å². The minimum absolute atomic E-state index is 0.0946. The van der Waals surface area contributed by atoms with Gasteiger partial charge in [0.25, 0.3) is 0 Å². The third-order valence-corrected chi connectivity index (χ3v) is 2.99. The summed E-state index contributed by atoms with van der Waals surface area (Å²) in [6.45, 7) is 6.89. The van der Waals surface area contributed by atoms with Crippen LogP contribution < -0.4 is 0 Å². The van der Waals surface area contributed by atoms with Crippen LogP contribution in [0.1, 0.15) is 40.7 Å². The number of nitrogens with zero attached hydrogens (tertiary/aromatic N) is 3. The maximum absolute atomic E-state index is 12.3. The Morgan fingerprint density at radius 2 is 1.89 bits per heavy atom. The maximum Gasteiger partial charge on any atom is 0.170 e. The molecule has 0 atom stereocenters. The first-order valence-corrected chi connectivity index (χ1v) is 6.58. The second-order valence-corrected chi connectivity index (χ2v) is 4.88. The highest BCUT2D eigenvalue weighted by atomic mass is 16.1. The van der Waals surface area contributed by atoms with E-state index >= 15 is 0 Å². The molecule has 0 bridgehead atoms. The first-order chi connectivity index (χ1) is 9.10. The minimum atomic E-state index is 0.0946. The number of ketones is 1. The number of benzene rings is 1. The molecule has 1 heterocycles. The van der Waals surface area contributed by atoms with Gasteiger partial charge in [-0.05, 0) is 32.4 Å². The van der Waals surface area contributed by atoms with Gasteiger partial charge in [0.2, 0.25) is 0 Å². The first kappa shape index (κ1) is 13.5. The quantitative estimate of drug-likeness (QED) is 0.774. The zero-order valence-corrected chi connectivity index (χ0v) is 11.7. The fourth-order valence-electron chi connectivity index (χ4n) is 2.20. The lowest BCUT2D eigenvalue weighted by atomic mass is 10.0. The molecule has 4 heteroatoms. The molecule has 0 aliphatic carbocycles. The van der Waals surface area contributed by atoms with E-state index in [1.807, 2.05) is 26.0 Å². The van der Waals surface area contributed by atoms with E-state index in [2.05, 4.69) is 23.1 Å². The zero-order valence-electron chi connectivity index (χ0n) is 11.7. The summed E-state index contributed by atoms with van der Waals surface area (Å²) < 4.78 is 1.81. The van der Waals surface area contributed by atoms with Crippen molar-refractivity contribution in [2.45, 2.75) is 40.2 Å². The van der Waals surface area contributed by atoms with Gasteiger partial charge in [-0.3, -0.25) is 4.79 Å². The largest absolute Gasteiger partial charge is 0.294 e. The molecule has 2 aromatic rings. The van der Waals surface area contributed by atoms with Gasteiger partial charge in [0.05, 0.1) is 6.42 Å². The molecule has 19 heavy (non-hydrogen) atoms. The highest BCUT2D eigenvalue weighted by Crippen LogP contribution is 2.11. The van der Waals surface area contributed by atoms with Gasteiger partial charge in [-0.15, -0.1) is 0 Å². The smallest absolute Gasteiger partial charge is 0.170 e. The summed E-state index contributed by atoms with van der Waals surface area (Å²) in [5.41, 5.74) is 2.97. The molecule has 100 valence electrons. The van der Waals surface area contributed by atoms with Gasteiger partial charge < -0.3 is 0 Å². The van der Waals surface area contributed by atoms with Crippen LogP contribution in [0.15, 0.2) is 24.5 Å². The van der Waals surface area contributed by atoms with Gasteiger partial charge in [-0.1, -0.05) is 24.1 Å². The van der Waals surface area contributed by atoms with Crippen LogP contribution in [0.4, 0.5) is 0 Å². The van der Waals surface area contributed by atoms with Crippen molar-refractivity contribution in [3.63, 3.8) is 0 Å². The van der Waals surface area contributed by atoms with Gasteiger partial charge in [0, 0.05) is 12.1 Å². The molecule has 0 unspecified atom stereocenters. The van der Waals surface area contributed by atoms with Crippen LogP contribution in [0.25, 0.3) is 0 Å². The highest BCUT2D eigenvalue weighted by Gasteiger charge is 2.12. The van der Waals surface area contributed by atoms with Crippen LogP contribution in [0, 0.1) is 13.8 Å². The van der Waals surface area contributed by atoms with Gasteiger partial charge in [0.1, 0.15) is 12.2 Å². The highest BCUT2D eigenvalue weighted by molar-refractivity contribution is 5.97. The van der Waals surface area contributed by atoms with Crippen LogP contribution >= 0.6 is 0 Å². The third-order valence-electron chi connectivity index (χ3n) is 2.99. The van der Waals surface area contributed by atoms with Crippen molar-refractivity contribution in [3.8, 4) is 0 Å². The van der Waals surface area contributed by atoms with Crippen molar-refractivity contribution in [3.05, 3.63) is 47.0 Å². The number of carbonyl (C=O) groups excluding carboxylic acids is 1. The van der Waals surface area contributed by atoms with Crippen molar-refractivity contribution in [2.24, 2.45) is 0 Å². The normalized spacial score (nSPS) is 10.7. The molecule has 0 saturated carbocycles. The Morgan fingerprint density at radius 1 is 1.21 bits per heavy atom. The van der Waals surface area contributed by atoms with Crippen LogP contribution in [0.2, 0.25) is 0 Å². The molecule has 0 aliphatic heterocycles. The number of Topliss-reactive ketones (excluding diaryl/α,β-unsaturated/α-hetero) is 1. The minimum Gasteiger partial charge on any atom is -0.294 e. The Labute approximate surface area is 113 Å². The second kappa shape index (κ2) is 5.78. The summed E-state index contributed by atoms with van der Waals surface area (Å²) in [7, 11) is 0. The lowest BCUT2D eigenvalue weighted by Crippen LogP contribution is -2.11. The molecule has 1 aromatic heterocycles. The van der Waals surface area contributed by atoms with E-state index in [1.165, 1.54) is 6.33 Å². The van der Waals surface area contributed by atoms with Crippen LogP contribution in [-0.4, -0.2) is 20.5 Å². The molecule has 0 spiro atoms. The van der Waals surface area contributed by atoms with Crippen molar-refractivity contribution in [2.75, 3.05) is 0 Å². The van der Waals surface area contributed by atoms with E-state index in [9.17, 15) is 4.79 Å². The summed E-state index contributed by atoms with van der Waals surface area (Å²) in [4.78, 5) is 16.5. The molecule has 1 aromatic carbocycles. The Morgan fingerprint density at radius 3 is 2.53 bits per heavy atom. The van der Waals surface area contributed by atoms with Gasteiger partial charge in [0.15, 0.2) is 5.78 Å². The Bertz CT molecular complexity index is 567. The van der Waals surface area contributed by atoms with Crippen molar-refractivity contribution in [1.29, 1.82) is 0 Å². The summed E-state index contributed by atoms with van der Waals surface area (Å²) in [6.07, 6.45) is 2.80. The number of aryl methyl sites for hydroxylation is 3. The number of carbonyl (C=O) groups is 1. The Balaban J connectivity index is 2.18. The fourth-order valence-corrected chi connectivity index (χ4v) is 2.20. The topological polar surface area (TPSA) is 47.8 Å². The molecule has 0 aliphatic rings. The summed E-state index contributed by atoms with van der Waals surface area (Å²) >= 11 is 0. The van der Waals surface area contributed by atoms with E-state index in [-0.39, 0.29) is 5.78 Å². The van der Waals surface area contributed by atoms with Crippen LogP contribution in [-0.2, 0) is 13.0 Å². The Hall–Kier alpha value is -1.97. The Kier molecular flexibility index (Phi) is 4.10.